The number of carboxylic acid groups (broad SMARTS) is 1. The summed E-state index contributed by atoms with van der Waals surface area (Å²) in [5.74, 6) is -1.87. The molecular formula is C19H32O6S. The van der Waals surface area contributed by atoms with Crippen LogP contribution in [0, 0.1) is 0 Å². The number of aliphatic hydroxyl groups is 1. The maximum atomic E-state index is 11.9. The van der Waals surface area contributed by atoms with Gasteiger partial charge in [-0.15, -0.1) is 0 Å². The van der Waals surface area contributed by atoms with Crippen molar-refractivity contribution >= 4 is 16.1 Å². The summed E-state index contributed by atoms with van der Waals surface area (Å²) < 4.78 is 31.7. The fraction of sp³-hybridized carbons (Fsp3) is 0.737. The Hall–Kier alpha value is -1.34. The van der Waals surface area contributed by atoms with E-state index in [2.05, 4.69) is 6.92 Å². The van der Waals surface area contributed by atoms with Crippen LogP contribution in [-0.4, -0.2) is 33.9 Å². The third-order valence-corrected chi connectivity index (χ3v) is 6.54. The predicted molar refractivity (Wildman–Crippen MR) is 102 cm³/mol. The quantitative estimate of drug-likeness (QED) is 0.309. The van der Waals surface area contributed by atoms with E-state index in [4.69, 9.17) is 5.11 Å². The second-order valence-corrected chi connectivity index (χ2v) is 8.89. The number of aliphatic hydroxyl groups excluding tert-OH is 1. The maximum Gasteiger partial charge on any atom is 0.339 e. The van der Waals surface area contributed by atoms with Crippen molar-refractivity contribution in [1.82, 2.24) is 0 Å². The van der Waals surface area contributed by atoms with Crippen LogP contribution in [-0.2, 0) is 14.9 Å². The zero-order valence-corrected chi connectivity index (χ0v) is 16.4. The molecule has 0 aromatic rings. The maximum absolute atomic E-state index is 11.9. The third kappa shape index (κ3) is 6.76. The van der Waals surface area contributed by atoms with E-state index in [1.807, 2.05) is 0 Å². The lowest BCUT2D eigenvalue weighted by Gasteiger charge is -2.29. The van der Waals surface area contributed by atoms with Crippen LogP contribution in [0.15, 0.2) is 23.5 Å². The first-order valence-corrected chi connectivity index (χ1v) is 11.0. The zero-order valence-electron chi connectivity index (χ0n) is 15.6. The van der Waals surface area contributed by atoms with Gasteiger partial charge in [-0.1, -0.05) is 71.1 Å². The number of carbonyl (C=O) groups is 1. The predicted octanol–water partition coefficient (Wildman–Crippen LogP) is 4.78. The number of carboxylic acids is 1. The van der Waals surface area contributed by atoms with Crippen LogP contribution >= 0.6 is 0 Å². The molecule has 0 saturated heterocycles. The summed E-state index contributed by atoms with van der Waals surface area (Å²) in [6.45, 7) is 2.19. The van der Waals surface area contributed by atoms with Crippen molar-refractivity contribution < 1.29 is 28.0 Å². The Morgan fingerprint density at radius 1 is 1.04 bits per heavy atom. The summed E-state index contributed by atoms with van der Waals surface area (Å²) >= 11 is 0. The summed E-state index contributed by atoms with van der Waals surface area (Å²) in [6.07, 6.45) is 13.1. The molecule has 1 atom stereocenters. The Morgan fingerprint density at radius 2 is 1.54 bits per heavy atom. The lowest BCUT2D eigenvalue weighted by molar-refractivity contribution is -0.132. The second kappa shape index (κ2) is 10.7. The molecule has 0 aromatic heterocycles. The van der Waals surface area contributed by atoms with Crippen molar-refractivity contribution in [3.8, 4) is 0 Å². The molecule has 0 amide bonds. The van der Waals surface area contributed by atoms with Gasteiger partial charge in [-0.2, -0.15) is 8.42 Å². The average molecular weight is 389 g/mol. The first-order valence-electron chi connectivity index (χ1n) is 9.56. The summed E-state index contributed by atoms with van der Waals surface area (Å²) in [5, 5.41) is 18.7. The monoisotopic (exact) mass is 388 g/mol. The first-order chi connectivity index (χ1) is 12.2. The molecule has 6 nitrogen and oxygen atoms in total. The molecule has 0 spiro atoms. The van der Waals surface area contributed by atoms with Gasteiger partial charge in [-0.25, -0.2) is 4.79 Å². The molecule has 0 aliphatic heterocycles. The van der Waals surface area contributed by atoms with Crippen LogP contribution < -0.4 is 0 Å². The molecular weight excluding hydrogens is 356 g/mol. The largest absolute Gasteiger partial charge is 0.507 e. The van der Waals surface area contributed by atoms with E-state index in [1.54, 1.807) is 0 Å². The molecule has 1 rings (SSSR count). The van der Waals surface area contributed by atoms with Gasteiger partial charge in [0.2, 0.25) is 0 Å². The van der Waals surface area contributed by atoms with Crippen molar-refractivity contribution in [2.24, 2.45) is 0 Å². The molecule has 26 heavy (non-hydrogen) atoms. The van der Waals surface area contributed by atoms with Gasteiger partial charge in [0.05, 0.1) is 5.57 Å². The minimum atomic E-state index is -4.48. The van der Waals surface area contributed by atoms with E-state index in [1.165, 1.54) is 38.5 Å². The fourth-order valence-corrected chi connectivity index (χ4v) is 4.30. The van der Waals surface area contributed by atoms with E-state index in [-0.39, 0.29) is 12.8 Å². The second-order valence-electron chi connectivity index (χ2n) is 7.13. The fourth-order valence-electron chi connectivity index (χ4n) is 3.34. The van der Waals surface area contributed by atoms with E-state index in [0.29, 0.717) is 6.42 Å². The van der Waals surface area contributed by atoms with Crippen molar-refractivity contribution in [3.05, 3.63) is 23.5 Å². The van der Waals surface area contributed by atoms with Gasteiger partial charge in [0, 0.05) is 0 Å². The van der Waals surface area contributed by atoms with Crippen LogP contribution in [0.1, 0.15) is 84.0 Å². The van der Waals surface area contributed by atoms with E-state index < -0.39 is 32.2 Å². The number of rotatable bonds is 13. The van der Waals surface area contributed by atoms with Crippen LogP contribution in [0.2, 0.25) is 0 Å². The highest BCUT2D eigenvalue weighted by molar-refractivity contribution is 7.87. The van der Waals surface area contributed by atoms with Crippen molar-refractivity contribution in [2.45, 2.75) is 88.7 Å². The molecule has 0 radical (unpaired) electrons. The molecule has 0 aromatic carbocycles. The number of unbranched alkanes of at least 4 members (excludes halogenated alkanes) is 9. The van der Waals surface area contributed by atoms with Gasteiger partial charge < -0.3 is 10.2 Å². The smallest absolute Gasteiger partial charge is 0.339 e. The minimum absolute atomic E-state index is 0.119. The number of hydrogen-bond donors (Lipinski definition) is 3. The molecule has 0 bridgehead atoms. The van der Waals surface area contributed by atoms with E-state index >= 15 is 0 Å². The Bertz CT molecular complexity index is 620. The highest BCUT2D eigenvalue weighted by Gasteiger charge is 2.43. The lowest BCUT2D eigenvalue weighted by Crippen LogP contribution is -2.38. The molecule has 1 unspecified atom stereocenters. The lowest BCUT2D eigenvalue weighted by atomic mass is 9.89. The minimum Gasteiger partial charge on any atom is -0.507 e. The molecule has 0 fully saturated rings. The Kier molecular flexibility index (Phi) is 9.36. The Morgan fingerprint density at radius 3 is 2.00 bits per heavy atom. The topological polar surface area (TPSA) is 112 Å². The summed E-state index contributed by atoms with van der Waals surface area (Å²) in [6, 6.07) is 0. The molecule has 0 saturated carbocycles. The van der Waals surface area contributed by atoms with Crippen LogP contribution in [0.25, 0.3) is 0 Å². The average Bonchev–Trinajstić information content (AvgIpc) is 2.56. The molecule has 1 aliphatic rings. The van der Waals surface area contributed by atoms with E-state index in [0.717, 1.165) is 31.4 Å². The highest BCUT2D eigenvalue weighted by atomic mass is 32.2. The SMILES string of the molecule is CCCCCCCCCCCCC1(S(=O)(=O)O)C=C(C(=O)O)C(O)=CC1. The molecule has 7 heteroatoms. The summed E-state index contributed by atoms with van der Waals surface area (Å²) in [5.41, 5.74) is -0.471. The molecule has 0 heterocycles. The normalized spacial score (nSPS) is 20.5. The number of allylic oxidation sites excluding steroid dienone is 1. The van der Waals surface area contributed by atoms with Crippen LogP contribution in [0.5, 0.6) is 0 Å². The van der Waals surface area contributed by atoms with Gasteiger partial charge in [-0.3, -0.25) is 4.55 Å². The summed E-state index contributed by atoms with van der Waals surface area (Å²) in [7, 11) is -4.48. The van der Waals surface area contributed by atoms with Crippen molar-refractivity contribution in [2.75, 3.05) is 0 Å². The standard InChI is InChI=1S/C19H32O6S/c1-2-3-4-5-6-7-8-9-10-11-13-19(26(23,24)25)14-12-17(20)16(15-19)18(21)22/h12,15,20H,2-11,13-14H2,1H3,(H,21,22)(H,23,24,25). The van der Waals surface area contributed by atoms with Gasteiger partial charge in [0.25, 0.3) is 10.1 Å². The van der Waals surface area contributed by atoms with Gasteiger partial charge >= 0.3 is 5.97 Å². The first kappa shape index (κ1) is 22.7. The molecule has 3 N–H and O–H groups in total. The Labute approximate surface area is 156 Å². The van der Waals surface area contributed by atoms with E-state index in [9.17, 15) is 22.9 Å². The molecule has 1 aliphatic carbocycles. The summed E-state index contributed by atoms with van der Waals surface area (Å²) in [4.78, 5) is 11.2. The van der Waals surface area contributed by atoms with Crippen LogP contribution in [0.4, 0.5) is 0 Å². The molecule has 150 valence electrons. The van der Waals surface area contributed by atoms with Crippen molar-refractivity contribution in [1.29, 1.82) is 0 Å². The van der Waals surface area contributed by atoms with Crippen molar-refractivity contribution in [3.63, 3.8) is 0 Å². The zero-order chi connectivity index (χ0) is 19.6. The number of aliphatic carboxylic acids is 1. The highest BCUT2D eigenvalue weighted by Crippen LogP contribution is 2.36. The van der Waals surface area contributed by atoms with Crippen LogP contribution in [0.3, 0.4) is 0 Å². The third-order valence-electron chi connectivity index (χ3n) is 5.02. The van der Waals surface area contributed by atoms with Gasteiger partial charge in [-0.05, 0) is 25.0 Å². The Balaban J connectivity index is 2.48. The van der Waals surface area contributed by atoms with Gasteiger partial charge in [0.1, 0.15) is 10.5 Å². The van der Waals surface area contributed by atoms with Gasteiger partial charge in [0.15, 0.2) is 0 Å². The number of hydrogen-bond acceptors (Lipinski definition) is 4.